The standard InChI is InChI=1S/C21H39N5O2/c1-22-21(23-16-18(24(2)3)17-8-5-4-6-9-17)26-13-11-25(12-14-26)20(27)19-10-7-15-28-19/h17-19H,4-16H2,1-3H3,(H,22,23). The number of nitrogens with one attached hydrogen (secondary N) is 1. The van der Waals surface area contributed by atoms with Gasteiger partial charge in [-0.05, 0) is 45.7 Å². The van der Waals surface area contributed by atoms with Crippen LogP contribution in [-0.2, 0) is 9.53 Å². The zero-order valence-corrected chi connectivity index (χ0v) is 18.0. The molecule has 0 spiro atoms. The molecule has 160 valence electrons. The molecule has 2 saturated heterocycles. The fourth-order valence-corrected chi connectivity index (χ4v) is 4.93. The van der Waals surface area contributed by atoms with Crippen LogP contribution >= 0.6 is 0 Å². The number of rotatable bonds is 5. The number of nitrogens with zero attached hydrogens (tertiary/aromatic N) is 4. The van der Waals surface area contributed by atoms with Crippen LogP contribution in [0.5, 0.6) is 0 Å². The van der Waals surface area contributed by atoms with Crippen molar-refractivity contribution in [1.82, 2.24) is 20.0 Å². The fourth-order valence-electron chi connectivity index (χ4n) is 4.93. The fraction of sp³-hybridized carbons (Fsp3) is 0.905. The molecular formula is C21H39N5O2. The number of amides is 1. The number of guanidine groups is 1. The molecule has 1 aliphatic carbocycles. The van der Waals surface area contributed by atoms with Crippen molar-refractivity contribution in [2.45, 2.75) is 57.1 Å². The molecule has 0 radical (unpaired) electrons. The Balaban J connectivity index is 1.48. The largest absolute Gasteiger partial charge is 0.368 e. The maximum absolute atomic E-state index is 12.5. The Morgan fingerprint density at radius 2 is 1.75 bits per heavy atom. The molecule has 0 aromatic rings. The Hall–Kier alpha value is -1.34. The van der Waals surface area contributed by atoms with Crippen LogP contribution in [0.1, 0.15) is 44.9 Å². The minimum Gasteiger partial charge on any atom is -0.368 e. The topological polar surface area (TPSA) is 60.4 Å². The van der Waals surface area contributed by atoms with E-state index in [1.165, 1.54) is 32.1 Å². The smallest absolute Gasteiger partial charge is 0.251 e. The highest BCUT2D eigenvalue weighted by atomic mass is 16.5. The molecule has 2 heterocycles. The summed E-state index contributed by atoms with van der Waals surface area (Å²) < 4.78 is 5.56. The van der Waals surface area contributed by atoms with Gasteiger partial charge in [0.25, 0.3) is 5.91 Å². The first-order chi connectivity index (χ1) is 13.6. The maximum atomic E-state index is 12.5. The normalized spacial score (nSPS) is 26.0. The summed E-state index contributed by atoms with van der Waals surface area (Å²) >= 11 is 0. The van der Waals surface area contributed by atoms with E-state index in [1.54, 1.807) is 0 Å². The van der Waals surface area contributed by atoms with E-state index in [4.69, 9.17) is 4.74 Å². The zero-order valence-electron chi connectivity index (χ0n) is 18.0. The highest BCUT2D eigenvalue weighted by Gasteiger charge is 2.31. The van der Waals surface area contributed by atoms with Gasteiger partial charge in [0.1, 0.15) is 6.10 Å². The van der Waals surface area contributed by atoms with E-state index >= 15 is 0 Å². The number of carbonyl (C=O) groups excluding carboxylic acids is 1. The second-order valence-corrected chi connectivity index (χ2v) is 8.67. The van der Waals surface area contributed by atoms with E-state index in [2.05, 4.69) is 34.2 Å². The van der Waals surface area contributed by atoms with Crippen LogP contribution in [0.25, 0.3) is 0 Å². The molecule has 28 heavy (non-hydrogen) atoms. The first-order valence-corrected chi connectivity index (χ1v) is 11.1. The maximum Gasteiger partial charge on any atom is 0.251 e. The monoisotopic (exact) mass is 393 g/mol. The summed E-state index contributed by atoms with van der Waals surface area (Å²) in [6, 6.07) is 0.541. The number of ether oxygens (including phenoxy) is 1. The summed E-state index contributed by atoms with van der Waals surface area (Å²) in [5.74, 6) is 1.91. The van der Waals surface area contributed by atoms with Crippen molar-refractivity contribution in [3.05, 3.63) is 0 Å². The van der Waals surface area contributed by atoms with Crippen LogP contribution in [0, 0.1) is 5.92 Å². The van der Waals surface area contributed by atoms with Gasteiger partial charge in [-0.25, -0.2) is 0 Å². The van der Waals surface area contributed by atoms with E-state index in [1.807, 2.05) is 11.9 Å². The minimum atomic E-state index is -0.208. The first kappa shape index (κ1) is 21.4. The minimum absolute atomic E-state index is 0.171. The lowest BCUT2D eigenvalue weighted by molar-refractivity contribution is -0.142. The molecule has 0 bridgehead atoms. The number of carbonyl (C=O) groups is 1. The van der Waals surface area contributed by atoms with E-state index in [0.717, 1.165) is 64.0 Å². The molecule has 0 aromatic carbocycles. The lowest BCUT2D eigenvalue weighted by Crippen LogP contribution is -2.56. The van der Waals surface area contributed by atoms with E-state index in [-0.39, 0.29) is 12.0 Å². The third-order valence-electron chi connectivity index (χ3n) is 6.63. The average Bonchev–Trinajstić information content (AvgIpc) is 3.26. The molecule has 2 unspecified atom stereocenters. The van der Waals surface area contributed by atoms with Gasteiger partial charge in [-0.2, -0.15) is 0 Å². The number of piperazine rings is 1. The summed E-state index contributed by atoms with van der Waals surface area (Å²) in [4.78, 5) is 23.7. The van der Waals surface area contributed by atoms with Crippen LogP contribution in [0.4, 0.5) is 0 Å². The van der Waals surface area contributed by atoms with Crippen molar-refractivity contribution >= 4 is 11.9 Å². The van der Waals surface area contributed by atoms with Crippen molar-refractivity contribution in [3.8, 4) is 0 Å². The van der Waals surface area contributed by atoms with E-state index < -0.39 is 0 Å². The van der Waals surface area contributed by atoms with Gasteiger partial charge in [-0.1, -0.05) is 19.3 Å². The van der Waals surface area contributed by atoms with Gasteiger partial charge in [0.05, 0.1) is 0 Å². The molecule has 3 aliphatic rings. The van der Waals surface area contributed by atoms with Crippen molar-refractivity contribution in [1.29, 1.82) is 0 Å². The molecule has 7 heteroatoms. The number of likely N-dealkylation sites (N-methyl/N-ethyl adjacent to an activating group) is 1. The summed E-state index contributed by atoms with van der Waals surface area (Å²) in [7, 11) is 6.25. The molecule has 1 N–H and O–H groups in total. The Morgan fingerprint density at radius 3 is 2.32 bits per heavy atom. The average molecular weight is 394 g/mol. The van der Waals surface area contributed by atoms with Gasteiger partial charge in [0, 0.05) is 52.4 Å². The summed E-state index contributed by atoms with van der Waals surface area (Å²) in [5.41, 5.74) is 0. The summed E-state index contributed by atoms with van der Waals surface area (Å²) in [5, 5.41) is 3.62. The second-order valence-electron chi connectivity index (χ2n) is 8.67. The Labute approximate surface area is 170 Å². The summed E-state index contributed by atoms with van der Waals surface area (Å²) in [6.07, 6.45) is 8.46. The van der Waals surface area contributed by atoms with Crippen LogP contribution < -0.4 is 5.32 Å². The van der Waals surface area contributed by atoms with Gasteiger partial charge >= 0.3 is 0 Å². The predicted octanol–water partition coefficient (Wildman–Crippen LogP) is 1.40. The zero-order chi connectivity index (χ0) is 19.9. The second kappa shape index (κ2) is 10.4. The molecule has 1 saturated carbocycles. The van der Waals surface area contributed by atoms with Crippen LogP contribution in [0.15, 0.2) is 4.99 Å². The lowest BCUT2D eigenvalue weighted by Gasteiger charge is -2.39. The van der Waals surface area contributed by atoms with E-state index in [0.29, 0.717) is 6.04 Å². The van der Waals surface area contributed by atoms with Crippen LogP contribution in [0.2, 0.25) is 0 Å². The van der Waals surface area contributed by atoms with Crippen molar-refractivity contribution < 1.29 is 9.53 Å². The Bertz CT molecular complexity index is 519. The first-order valence-electron chi connectivity index (χ1n) is 11.1. The molecule has 2 aliphatic heterocycles. The molecule has 3 rings (SSSR count). The van der Waals surface area contributed by atoms with Crippen LogP contribution in [0.3, 0.4) is 0 Å². The Morgan fingerprint density at radius 1 is 1.07 bits per heavy atom. The SMILES string of the molecule is CN=C(NCC(C1CCCCC1)N(C)C)N1CCN(C(=O)C2CCCO2)CC1. The lowest BCUT2D eigenvalue weighted by atomic mass is 9.83. The Kier molecular flexibility index (Phi) is 7.97. The van der Waals surface area contributed by atoms with Gasteiger partial charge in [0.2, 0.25) is 0 Å². The van der Waals surface area contributed by atoms with Crippen LogP contribution in [-0.4, -0.2) is 99.2 Å². The molecule has 3 fully saturated rings. The van der Waals surface area contributed by atoms with Gasteiger partial charge in [-0.3, -0.25) is 9.79 Å². The van der Waals surface area contributed by atoms with Gasteiger partial charge in [0.15, 0.2) is 5.96 Å². The number of hydrogen-bond acceptors (Lipinski definition) is 4. The third-order valence-corrected chi connectivity index (χ3v) is 6.63. The number of aliphatic imine (C=N–C) groups is 1. The van der Waals surface area contributed by atoms with Crippen molar-refractivity contribution in [2.24, 2.45) is 10.9 Å². The molecule has 1 amide bonds. The highest BCUT2D eigenvalue weighted by Crippen LogP contribution is 2.28. The van der Waals surface area contributed by atoms with Crippen molar-refractivity contribution in [2.75, 3.05) is 60.5 Å². The molecular weight excluding hydrogens is 354 g/mol. The van der Waals surface area contributed by atoms with Gasteiger partial charge in [-0.15, -0.1) is 0 Å². The number of hydrogen-bond donors (Lipinski definition) is 1. The summed E-state index contributed by atoms with van der Waals surface area (Å²) in [6.45, 7) is 4.81. The quantitative estimate of drug-likeness (QED) is 0.565. The molecule has 7 nitrogen and oxygen atoms in total. The molecule has 2 atom stereocenters. The van der Waals surface area contributed by atoms with Crippen molar-refractivity contribution in [3.63, 3.8) is 0 Å². The van der Waals surface area contributed by atoms with E-state index in [9.17, 15) is 4.79 Å². The molecule has 0 aromatic heterocycles. The highest BCUT2D eigenvalue weighted by molar-refractivity contribution is 5.82. The third kappa shape index (κ3) is 5.38. The predicted molar refractivity (Wildman–Crippen MR) is 113 cm³/mol. The van der Waals surface area contributed by atoms with Gasteiger partial charge < -0.3 is 24.8 Å².